The lowest BCUT2D eigenvalue weighted by molar-refractivity contribution is -0.119. The normalized spacial score (nSPS) is 16.3. The van der Waals surface area contributed by atoms with Crippen LogP contribution in [0.15, 0.2) is 47.4 Å². The van der Waals surface area contributed by atoms with Gasteiger partial charge in [0, 0.05) is 10.6 Å². The summed E-state index contributed by atoms with van der Waals surface area (Å²) in [5.74, 6) is 1.25. The summed E-state index contributed by atoms with van der Waals surface area (Å²) in [5.41, 5.74) is 9.11. The molecule has 3 N–H and O–H groups in total. The van der Waals surface area contributed by atoms with Crippen LogP contribution in [0.25, 0.3) is 0 Å². The summed E-state index contributed by atoms with van der Waals surface area (Å²) >= 11 is 1.52. The van der Waals surface area contributed by atoms with Crippen LogP contribution in [0, 0.1) is 0 Å². The number of thioether (sulfide) groups is 1. The molecular weight excluding hydrogens is 320 g/mol. The molecule has 1 atom stereocenters. The van der Waals surface area contributed by atoms with Crippen molar-refractivity contribution in [2.24, 2.45) is 0 Å². The minimum atomic E-state index is 0.0532. The summed E-state index contributed by atoms with van der Waals surface area (Å²) in [6, 6.07) is 13.8. The molecule has 0 fully saturated rings. The first kappa shape index (κ1) is 16.7. The van der Waals surface area contributed by atoms with E-state index in [2.05, 4.69) is 5.32 Å². The Morgan fingerprint density at radius 3 is 3.04 bits per heavy atom. The molecule has 4 nitrogen and oxygen atoms in total. The molecule has 3 rings (SSSR count). The predicted molar refractivity (Wildman–Crippen MR) is 98.4 cm³/mol. The fraction of sp³-hybridized carbons (Fsp3) is 0.316. The van der Waals surface area contributed by atoms with Gasteiger partial charge in [-0.3, -0.25) is 4.79 Å². The van der Waals surface area contributed by atoms with Gasteiger partial charge in [-0.2, -0.15) is 0 Å². The highest BCUT2D eigenvalue weighted by Gasteiger charge is 2.21. The smallest absolute Gasteiger partial charge is 0.230 e. The summed E-state index contributed by atoms with van der Waals surface area (Å²) in [7, 11) is 1.64. The largest absolute Gasteiger partial charge is 0.497 e. The van der Waals surface area contributed by atoms with E-state index in [1.54, 1.807) is 7.11 Å². The first-order valence-corrected chi connectivity index (χ1v) is 9.09. The van der Waals surface area contributed by atoms with Crippen LogP contribution in [0.2, 0.25) is 0 Å². The number of fused-ring (bicyclic) bond motifs is 1. The Labute approximate surface area is 146 Å². The number of aryl methyl sites for hydroxylation is 1. The number of ether oxygens (including phenoxy) is 1. The molecule has 1 amide bonds. The molecule has 0 heterocycles. The third-order valence-electron chi connectivity index (χ3n) is 4.23. The van der Waals surface area contributed by atoms with Crippen LogP contribution in [0.3, 0.4) is 0 Å². The zero-order valence-electron chi connectivity index (χ0n) is 13.7. The van der Waals surface area contributed by atoms with E-state index >= 15 is 0 Å². The number of benzene rings is 2. The summed E-state index contributed by atoms with van der Waals surface area (Å²) in [6.07, 6.45) is 3.09. The van der Waals surface area contributed by atoms with Gasteiger partial charge in [-0.25, -0.2) is 0 Å². The third kappa shape index (κ3) is 4.03. The number of carbonyl (C=O) groups is 1. The van der Waals surface area contributed by atoms with Gasteiger partial charge >= 0.3 is 0 Å². The van der Waals surface area contributed by atoms with Crippen molar-refractivity contribution >= 4 is 23.4 Å². The molecule has 1 aliphatic rings. The minimum absolute atomic E-state index is 0.0532. The number of nitrogens with two attached hydrogens (primary N) is 1. The molecule has 5 heteroatoms. The lowest BCUT2D eigenvalue weighted by atomic mass is 9.87. The third-order valence-corrected chi connectivity index (χ3v) is 5.22. The number of rotatable bonds is 5. The van der Waals surface area contributed by atoms with Gasteiger partial charge in [0.15, 0.2) is 0 Å². The maximum absolute atomic E-state index is 12.3. The topological polar surface area (TPSA) is 64.3 Å². The number of nitrogens with one attached hydrogen (secondary N) is 1. The van der Waals surface area contributed by atoms with Gasteiger partial charge in [0.05, 0.1) is 18.9 Å². The molecule has 0 bridgehead atoms. The molecule has 126 valence electrons. The van der Waals surface area contributed by atoms with Crippen LogP contribution >= 0.6 is 11.8 Å². The monoisotopic (exact) mass is 342 g/mol. The Bertz CT molecular complexity index is 733. The van der Waals surface area contributed by atoms with Crippen LogP contribution in [0.5, 0.6) is 5.75 Å². The van der Waals surface area contributed by atoms with Crippen LogP contribution in [0.1, 0.15) is 30.0 Å². The summed E-state index contributed by atoms with van der Waals surface area (Å²) < 4.78 is 5.21. The molecule has 0 saturated carbocycles. The van der Waals surface area contributed by atoms with E-state index < -0.39 is 0 Å². The molecule has 24 heavy (non-hydrogen) atoms. The highest BCUT2D eigenvalue weighted by Crippen LogP contribution is 2.31. The van der Waals surface area contributed by atoms with Gasteiger partial charge in [-0.1, -0.05) is 12.1 Å². The number of hydrogen-bond donors (Lipinski definition) is 2. The van der Waals surface area contributed by atoms with Crippen LogP contribution in [-0.4, -0.2) is 18.8 Å². The van der Waals surface area contributed by atoms with Gasteiger partial charge < -0.3 is 15.8 Å². The fourth-order valence-electron chi connectivity index (χ4n) is 3.06. The number of anilines is 1. The second-order valence-corrected chi connectivity index (χ2v) is 6.99. The Kier molecular flexibility index (Phi) is 5.30. The molecule has 0 aromatic heterocycles. The molecular formula is C19H22N2O2S. The quantitative estimate of drug-likeness (QED) is 0.644. The molecule has 0 spiro atoms. The summed E-state index contributed by atoms with van der Waals surface area (Å²) in [6.45, 7) is 0. The number of hydrogen-bond acceptors (Lipinski definition) is 4. The first-order valence-electron chi connectivity index (χ1n) is 8.10. The second kappa shape index (κ2) is 7.62. The van der Waals surface area contributed by atoms with Crippen LogP contribution in [0.4, 0.5) is 5.69 Å². The van der Waals surface area contributed by atoms with Crippen molar-refractivity contribution in [1.82, 2.24) is 5.32 Å². The van der Waals surface area contributed by atoms with Gasteiger partial charge in [-0.15, -0.1) is 11.8 Å². The molecule has 2 aromatic rings. The lowest BCUT2D eigenvalue weighted by Crippen LogP contribution is -2.32. The summed E-state index contributed by atoms with van der Waals surface area (Å²) in [5, 5.41) is 3.16. The first-order chi connectivity index (χ1) is 11.7. The zero-order chi connectivity index (χ0) is 16.9. The average molecular weight is 342 g/mol. The molecule has 0 saturated heterocycles. The average Bonchev–Trinajstić information content (AvgIpc) is 2.60. The molecule has 0 radical (unpaired) electrons. The lowest BCUT2D eigenvalue weighted by Gasteiger charge is -2.26. The van der Waals surface area contributed by atoms with Gasteiger partial charge in [0.1, 0.15) is 5.75 Å². The highest BCUT2D eigenvalue weighted by atomic mass is 32.2. The van der Waals surface area contributed by atoms with E-state index in [0.717, 1.165) is 35.6 Å². The Morgan fingerprint density at radius 1 is 1.33 bits per heavy atom. The van der Waals surface area contributed by atoms with Gasteiger partial charge in [-0.05, 0) is 60.7 Å². The Morgan fingerprint density at radius 2 is 2.21 bits per heavy atom. The predicted octanol–water partition coefficient (Wildman–Crippen LogP) is 3.56. The second-order valence-electron chi connectivity index (χ2n) is 5.94. The van der Waals surface area contributed by atoms with Gasteiger partial charge in [0.2, 0.25) is 5.91 Å². The van der Waals surface area contributed by atoms with E-state index in [1.165, 1.54) is 22.9 Å². The van der Waals surface area contributed by atoms with Crippen molar-refractivity contribution in [3.63, 3.8) is 0 Å². The molecule has 0 aliphatic heterocycles. The standard InChI is InChI=1S/C19H22N2O2S/c1-23-15-5-3-6-16(11-15)24-12-19(22)21-18-7-2-4-13-10-14(20)8-9-17(13)18/h3,5-6,8-11,18H,2,4,7,12,20H2,1H3,(H,21,22). The Balaban J connectivity index is 1.59. The van der Waals surface area contributed by atoms with E-state index in [0.29, 0.717) is 5.75 Å². The fourth-order valence-corrected chi connectivity index (χ4v) is 3.82. The maximum atomic E-state index is 12.3. The van der Waals surface area contributed by atoms with E-state index in [-0.39, 0.29) is 11.9 Å². The van der Waals surface area contributed by atoms with Crippen molar-refractivity contribution in [2.75, 3.05) is 18.6 Å². The van der Waals surface area contributed by atoms with Crippen molar-refractivity contribution in [3.05, 3.63) is 53.6 Å². The number of methoxy groups -OCH3 is 1. The van der Waals surface area contributed by atoms with Crippen LogP contribution < -0.4 is 15.8 Å². The van der Waals surface area contributed by atoms with Crippen LogP contribution in [-0.2, 0) is 11.2 Å². The van der Waals surface area contributed by atoms with Crippen molar-refractivity contribution < 1.29 is 9.53 Å². The summed E-state index contributed by atoms with van der Waals surface area (Å²) in [4.78, 5) is 13.4. The van der Waals surface area contributed by atoms with Crippen molar-refractivity contribution in [3.8, 4) is 5.75 Å². The van der Waals surface area contributed by atoms with Gasteiger partial charge in [0.25, 0.3) is 0 Å². The zero-order valence-corrected chi connectivity index (χ0v) is 14.6. The maximum Gasteiger partial charge on any atom is 0.230 e. The van der Waals surface area contributed by atoms with E-state index in [1.807, 2.05) is 42.5 Å². The molecule has 2 aromatic carbocycles. The van der Waals surface area contributed by atoms with Crippen molar-refractivity contribution in [2.45, 2.75) is 30.2 Å². The molecule has 1 aliphatic carbocycles. The van der Waals surface area contributed by atoms with E-state index in [4.69, 9.17) is 10.5 Å². The van der Waals surface area contributed by atoms with E-state index in [9.17, 15) is 4.79 Å². The highest BCUT2D eigenvalue weighted by molar-refractivity contribution is 8.00. The number of amides is 1. The SMILES string of the molecule is COc1cccc(SCC(=O)NC2CCCc3cc(N)ccc32)c1. The number of nitrogen functional groups attached to an aromatic ring is 1. The Hall–Kier alpha value is -2.14. The minimum Gasteiger partial charge on any atom is -0.497 e. The van der Waals surface area contributed by atoms with Crippen molar-refractivity contribution in [1.29, 1.82) is 0 Å². The number of carbonyl (C=O) groups excluding carboxylic acids is 1. The molecule has 1 unspecified atom stereocenters.